The third kappa shape index (κ3) is 2.58. The number of rotatable bonds is 5. The van der Waals surface area contributed by atoms with E-state index in [0.29, 0.717) is 12.6 Å². The van der Waals surface area contributed by atoms with E-state index in [-0.39, 0.29) is 6.61 Å². The van der Waals surface area contributed by atoms with E-state index in [4.69, 9.17) is 0 Å². The maximum Gasteiger partial charge on any atom is 0.0832 e. The van der Waals surface area contributed by atoms with Crippen LogP contribution >= 0.6 is 0 Å². The van der Waals surface area contributed by atoms with E-state index in [1.165, 1.54) is 0 Å². The first-order chi connectivity index (χ1) is 8.24. The molecule has 0 fully saturated rings. The van der Waals surface area contributed by atoms with E-state index in [1.54, 1.807) is 0 Å². The van der Waals surface area contributed by atoms with Crippen LogP contribution in [0.2, 0.25) is 0 Å². The molecule has 92 valence electrons. The van der Waals surface area contributed by atoms with Crippen LogP contribution in [0.3, 0.4) is 0 Å². The summed E-state index contributed by atoms with van der Waals surface area (Å²) in [6.07, 6.45) is 5.06. The lowest BCUT2D eigenvalue weighted by atomic mass is 10.3. The molecule has 1 N–H and O–H groups in total. The van der Waals surface area contributed by atoms with Crippen molar-refractivity contribution in [3.8, 4) is 0 Å². The molecular weight excluding hydrogens is 214 g/mol. The van der Waals surface area contributed by atoms with Crippen LogP contribution in [-0.4, -0.2) is 19.5 Å². The Morgan fingerprint density at radius 1 is 1.35 bits per heavy atom. The Bertz CT molecular complexity index is 472. The number of nitrogens with zero attached hydrogens (tertiary/aromatic N) is 3. The van der Waals surface area contributed by atoms with Crippen molar-refractivity contribution in [2.45, 2.75) is 39.5 Å². The summed E-state index contributed by atoms with van der Waals surface area (Å²) >= 11 is 0. The van der Waals surface area contributed by atoms with Gasteiger partial charge in [0.25, 0.3) is 0 Å². The molecule has 4 heteroatoms. The number of hydrogen-bond donors (Lipinski definition) is 1. The Labute approximate surface area is 101 Å². The van der Waals surface area contributed by atoms with E-state index in [0.717, 1.165) is 17.8 Å². The molecule has 2 heterocycles. The highest BCUT2D eigenvalue weighted by atomic mass is 16.3. The lowest BCUT2D eigenvalue weighted by molar-refractivity contribution is 0.271. The zero-order chi connectivity index (χ0) is 12.3. The van der Waals surface area contributed by atoms with Crippen LogP contribution in [0, 0.1) is 0 Å². The van der Waals surface area contributed by atoms with E-state index in [9.17, 15) is 5.11 Å². The molecule has 17 heavy (non-hydrogen) atoms. The SMILES string of the molecule is CCC(C)n1ccc(Cn2cccc2CO)n1. The van der Waals surface area contributed by atoms with Crippen LogP contribution in [0.15, 0.2) is 30.6 Å². The number of aliphatic hydroxyl groups is 1. The molecule has 0 bridgehead atoms. The zero-order valence-corrected chi connectivity index (χ0v) is 10.4. The first-order valence-corrected chi connectivity index (χ1v) is 6.03. The Morgan fingerprint density at radius 2 is 2.18 bits per heavy atom. The summed E-state index contributed by atoms with van der Waals surface area (Å²) in [5.74, 6) is 0. The molecule has 2 aromatic heterocycles. The quantitative estimate of drug-likeness (QED) is 0.860. The highest BCUT2D eigenvalue weighted by Gasteiger charge is 2.06. The topological polar surface area (TPSA) is 43.0 Å². The maximum atomic E-state index is 9.17. The predicted molar refractivity (Wildman–Crippen MR) is 66.7 cm³/mol. The van der Waals surface area contributed by atoms with E-state index in [2.05, 4.69) is 18.9 Å². The highest BCUT2D eigenvalue weighted by molar-refractivity contribution is 5.09. The molecule has 0 saturated heterocycles. The first-order valence-electron chi connectivity index (χ1n) is 6.03. The molecule has 2 aromatic rings. The van der Waals surface area contributed by atoms with Gasteiger partial charge in [-0.25, -0.2) is 0 Å². The molecular formula is C13H19N3O. The summed E-state index contributed by atoms with van der Waals surface area (Å²) in [4.78, 5) is 0. The molecule has 0 radical (unpaired) electrons. The molecule has 0 amide bonds. The zero-order valence-electron chi connectivity index (χ0n) is 10.4. The van der Waals surface area contributed by atoms with Gasteiger partial charge in [-0.3, -0.25) is 4.68 Å². The van der Waals surface area contributed by atoms with Crippen molar-refractivity contribution in [2.24, 2.45) is 0 Å². The van der Waals surface area contributed by atoms with Crippen LogP contribution < -0.4 is 0 Å². The standard InChI is InChI=1S/C13H19N3O/c1-3-11(2)16-8-6-12(14-16)9-15-7-4-5-13(15)10-17/h4-8,11,17H,3,9-10H2,1-2H3. The fraction of sp³-hybridized carbons (Fsp3) is 0.462. The average molecular weight is 233 g/mol. The first kappa shape index (κ1) is 11.9. The third-order valence-corrected chi connectivity index (χ3v) is 3.12. The Balaban J connectivity index is 2.11. The van der Waals surface area contributed by atoms with Gasteiger partial charge in [-0.15, -0.1) is 0 Å². The summed E-state index contributed by atoms with van der Waals surface area (Å²) in [5, 5.41) is 13.7. The molecule has 0 aliphatic heterocycles. The Morgan fingerprint density at radius 3 is 2.88 bits per heavy atom. The maximum absolute atomic E-state index is 9.17. The molecule has 1 unspecified atom stereocenters. The van der Waals surface area contributed by atoms with E-state index >= 15 is 0 Å². The lowest BCUT2D eigenvalue weighted by Crippen LogP contribution is -2.07. The minimum Gasteiger partial charge on any atom is -0.390 e. The Hall–Kier alpha value is -1.55. The fourth-order valence-corrected chi connectivity index (χ4v) is 1.82. The molecule has 0 aromatic carbocycles. The van der Waals surface area contributed by atoms with Crippen molar-refractivity contribution in [1.82, 2.24) is 14.3 Å². The predicted octanol–water partition coefficient (Wildman–Crippen LogP) is 2.20. The molecule has 0 spiro atoms. The summed E-state index contributed by atoms with van der Waals surface area (Å²) in [6.45, 7) is 5.10. The van der Waals surface area contributed by atoms with Crippen LogP contribution in [0.25, 0.3) is 0 Å². The van der Waals surface area contributed by atoms with Gasteiger partial charge in [-0.2, -0.15) is 5.10 Å². The van der Waals surface area contributed by atoms with Gasteiger partial charge >= 0.3 is 0 Å². The van der Waals surface area contributed by atoms with Gasteiger partial charge in [-0.05, 0) is 31.5 Å². The van der Waals surface area contributed by atoms with Gasteiger partial charge in [0.2, 0.25) is 0 Å². The van der Waals surface area contributed by atoms with Crippen molar-refractivity contribution < 1.29 is 5.11 Å². The fourth-order valence-electron chi connectivity index (χ4n) is 1.82. The van der Waals surface area contributed by atoms with Crippen LogP contribution in [-0.2, 0) is 13.2 Å². The van der Waals surface area contributed by atoms with E-state index < -0.39 is 0 Å². The minimum atomic E-state index is 0.0685. The van der Waals surface area contributed by atoms with Gasteiger partial charge in [0.05, 0.1) is 18.8 Å². The second-order valence-electron chi connectivity index (χ2n) is 4.33. The molecule has 0 saturated carbocycles. The number of aromatic nitrogens is 3. The second kappa shape index (κ2) is 5.19. The molecule has 2 rings (SSSR count). The molecule has 4 nitrogen and oxygen atoms in total. The van der Waals surface area contributed by atoms with Gasteiger partial charge in [0, 0.05) is 24.1 Å². The van der Waals surface area contributed by atoms with Crippen molar-refractivity contribution in [1.29, 1.82) is 0 Å². The smallest absolute Gasteiger partial charge is 0.0832 e. The van der Waals surface area contributed by atoms with Crippen molar-refractivity contribution in [2.75, 3.05) is 0 Å². The Kier molecular flexibility index (Phi) is 3.64. The largest absolute Gasteiger partial charge is 0.390 e. The monoisotopic (exact) mass is 233 g/mol. The number of hydrogen-bond acceptors (Lipinski definition) is 2. The van der Waals surface area contributed by atoms with Crippen LogP contribution in [0.4, 0.5) is 0 Å². The van der Waals surface area contributed by atoms with Gasteiger partial charge in [0.1, 0.15) is 0 Å². The average Bonchev–Trinajstić information content (AvgIpc) is 2.97. The molecule has 0 aliphatic carbocycles. The van der Waals surface area contributed by atoms with Gasteiger partial charge in [-0.1, -0.05) is 6.92 Å². The summed E-state index contributed by atoms with van der Waals surface area (Å²) in [7, 11) is 0. The summed E-state index contributed by atoms with van der Waals surface area (Å²) in [6, 6.07) is 6.33. The van der Waals surface area contributed by atoms with Crippen LogP contribution in [0.5, 0.6) is 0 Å². The third-order valence-electron chi connectivity index (χ3n) is 3.12. The van der Waals surface area contributed by atoms with Crippen molar-refractivity contribution in [3.63, 3.8) is 0 Å². The molecule has 0 aliphatic rings. The van der Waals surface area contributed by atoms with Crippen molar-refractivity contribution in [3.05, 3.63) is 42.0 Å². The van der Waals surface area contributed by atoms with Crippen molar-refractivity contribution >= 4 is 0 Å². The summed E-state index contributed by atoms with van der Waals surface area (Å²) < 4.78 is 4.01. The normalized spacial score (nSPS) is 12.9. The lowest BCUT2D eigenvalue weighted by Gasteiger charge is -2.09. The van der Waals surface area contributed by atoms with E-state index in [1.807, 2.05) is 39.8 Å². The van der Waals surface area contributed by atoms with Crippen LogP contribution in [0.1, 0.15) is 37.7 Å². The minimum absolute atomic E-state index is 0.0685. The summed E-state index contributed by atoms with van der Waals surface area (Å²) in [5.41, 5.74) is 1.94. The second-order valence-corrected chi connectivity index (χ2v) is 4.33. The highest BCUT2D eigenvalue weighted by Crippen LogP contribution is 2.11. The van der Waals surface area contributed by atoms with Gasteiger partial charge < -0.3 is 9.67 Å². The van der Waals surface area contributed by atoms with Gasteiger partial charge in [0.15, 0.2) is 0 Å². The molecule has 1 atom stereocenters. The number of aliphatic hydroxyl groups excluding tert-OH is 1.